The molecule has 10 aliphatic rings. The number of nitrogens with zero attached hydrogens (tertiary/aromatic N) is 4. The lowest BCUT2D eigenvalue weighted by Crippen LogP contribution is -2.16. The first-order valence-electron chi connectivity index (χ1n) is 50.9. The maximum Gasteiger partial charge on any atom is 0.0561 e. The van der Waals surface area contributed by atoms with Gasteiger partial charge in [-0.2, -0.15) is 0 Å². The number of aromatic nitrogens is 2. The zero-order valence-corrected chi connectivity index (χ0v) is 75.3. The summed E-state index contributed by atoms with van der Waals surface area (Å²) in [7, 11) is 0. The average Bonchev–Trinajstić information content (AvgIpc) is 1.18. The lowest BCUT2D eigenvalue weighted by atomic mass is 9.78. The highest BCUT2D eigenvalue weighted by molar-refractivity contribution is 6.25. The second-order valence-electron chi connectivity index (χ2n) is 42.5. The normalized spacial score (nSPS) is 24.1. The molecule has 10 fully saturated rings. The Kier molecular flexibility index (Phi) is 19.2. The van der Waals surface area contributed by atoms with Crippen molar-refractivity contribution in [3.05, 3.63) is 349 Å². The maximum atomic E-state index is 2.78. The van der Waals surface area contributed by atoms with E-state index in [1.165, 1.54) is 333 Å². The molecule has 0 saturated heterocycles. The molecule has 10 aliphatic carbocycles. The fourth-order valence-electron chi connectivity index (χ4n) is 29.6. The number of fused-ring (bicyclic) bond motifs is 16. The van der Waals surface area contributed by atoms with Crippen LogP contribution in [0.25, 0.3) is 121 Å². The standard InChI is InChI=1S/C126H118N4/c1-5-23-83(24-6-1)87-31-21-33-97(69-87)129-121-41-19-17-37-107(121)109-55-51-101(77-123(109)129)127(103-71-93(115-63-79-43-47-89(115)59-79)67-94(72-103)116-64-80-44-48-90(116)60-80)99-53-57-113-119(75-99)125(111-39-15-13-35-105(111)85-27-9-3-10-28-85)114-58-54-100(76-120(114)126(113)112-40-16-14-36-106(112)86-29-11-4-12-30-86)128(104-73-95(117-65-81-45-49-91(117)61-81)68-96(74-104)118-66-82-46-50-92(118)62-82)102-52-56-110-108-38-18-20-42-122(108)130(124(110)78-102)98-34-22-32-88(70-98)84-25-7-2-8-26-84/h3-4,9-22,27-42,51-58,67-84,89-92,115-118H,1-2,5-8,23-26,43-50,59-66H2. The van der Waals surface area contributed by atoms with E-state index in [1.807, 2.05) is 0 Å². The van der Waals surface area contributed by atoms with Crippen LogP contribution in [0.3, 0.4) is 0 Å². The molecule has 642 valence electrons. The van der Waals surface area contributed by atoms with Crippen LogP contribution in [0.2, 0.25) is 0 Å². The van der Waals surface area contributed by atoms with Gasteiger partial charge in [0.1, 0.15) is 0 Å². The minimum Gasteiger partial charge on any atom is -0.310 e. The fourth-order valence-corrected chi connectivity index (χ4v) is 29.6. The van der Waals surface area contributed by atoms with Gasteiger partial charge in [-0.05, 0) is 394 Å². The smallest absolute Gasteiger partial charge is 0.0561 e. The van der Waals surface area contributed by atoms with Gasteiger partial charge >= 0.3 is 0 Å². The molecule has 8 bridgehead atoms. The highest BCUT2D eigenvalue weighted by Crippen LogP contribution is 2.62. The fraction of sp³-hybridized carbons (Fsp3) is 0.317. The van der Waals surface area contributed by atoms with E-state index in [0.717, 1.165) is 47.3 Å². The number of anilines is 6. The highest BCUT2D eigenvalue weighted by Gasteiger charge is 2.46. The highest BCUT2D eigenvalue weighted by atomic mass is 15.2. The third-order valence-electron chi connectivity index (χ3n) is 35.5. The van der Waals surface area contributed by atoms with Crippen LogP contribution >= 0.6 is 0 Å². The van der Waals surface area contributed by atoms with Gasteiger partial charge in [-0.1, -0.05) is 270 Å². The zero-order valence-electron chi connectivity index (χ0n) is 75.3. The molecule has 4 nitrogen and oxygen atoms in total. The second kappa shape index (κ2) is 32.0. The Morgan fingerprint density at radius 2 is 0.531 bits per heavy atom. The first-order valence-corrected chi connectivity index (χ1v) is 50.9. The average molecular weight is 1690 g/mol. The van der Waals surface area contributed by atoms with Crippen molar-refractivity contribution in [1.82, 2.24) is 9.13 Å². The molecule has 10 saturated carbocycles. The van der Waals surface area contributed by atoms with Crippen molar-refractivity contribution in [2.75, 3.05) is 9.80 Å². The summed E-state index contributed by atoms with van der Waals surface area (Å²) >= 11 is 0. The van der Waals surface area contributed by atoms with Gasteiger partial charge in [-0.25, -0.2) is 0 Å². The Balaban J connectivity index is 0.736. The molecule has 12 atom stereocenters. The Morgan fingerprint density at radius 3 is 0.892 bits per heavy atom. The third kappa shape index (κ3) is 13.3. The summed E-state index contributed by atoms with van der Waals surface area (Å²) < 4.78 is 5.26. The summed E-state index contributed by atoms with van der Waals surface area (Å²) in [6.07, 6.45) is 34.7. The largest absolute Gasteiger partial charge is 0.310 e. The molecule has 15 aromatic carbocycles. The Morgan fingerprint density at radius 1 is 0.200 bits per heavy atom. The van der Waals surface area contributed by atoms with Gasteiger partial charge in [-0.3, -0.25) is 0 Å². The van der Waals surface area contributed by atoms with Crippen molar-refractivity contribution in [3.63, 3.8) is 0 Å². The second-order valence-corrected chi connectivity index (χ2v) is 42.5. The van der Waals surface area contributed by atoms with Gasteiger partial charge in [0.05, 0.1) is 22.1 Å². The number of hydrogen-bond acceptors (Lipinski definition) is 2. The summed E-state index contributed by atoms with van der Waals surface area (Å²) in [6.45, 7) is 0. The van der Waals surface area contributed by atoms with Crippen LogP contribution in [-0.4, -0.2) is 9.13 Å². The van der Waals surface area contributed by atoms with Crippen LogP contribution in [-0.2, 0) is 0 Å². The van der Waals surface area contributed by atoms with Crippen LogP contribution in [0.15, 0.2) is 315 Å². The van der Waals surface area contributed by atoms with E-state index in [0.29, 0.717) is 35.5 Å². The van der Waals surface area contributed by atoms with E-state index in [2.05, 4.69) is 334 Å². The van der Waals surface area contributed by atoms with Gasteiger partial charge < -0.3 is 18.9 Å². The molecule has 2 heterocycles. The molecule has 4 heteroatoms. The summed E-state index contributed by atoms with van der Waals surface area (Å²) in [5.74, 6) is 9.68. The molecule has 0 spiro atoms. The molecular weight excluding hydrogens is 1570 g/mol. The van der Waals surface area contributed by atoms with Gasteiger partial charge in [0.15, 0.2) is 0 Å². The number of hydrogen-bond donors (Lipinski definition) is 0. The lowest BCUT2D eigenvalue weighted by Gasteiger charge is -2.32. The van der Waals surface area contributed by atoms with Crippen molar-refractivity contribution in [3.8, 4) is 55.9 Å². The maximum absolute atomic E-state index is 2.78. The summed E-state index contributed by atoms with van der Waals surface area (Å²) in [5.41, 5.74) is 34.0. The summed E-state index contributed by atoms with van der Waals surface area (Å²) in [4.78, 5) is 5.53. The molecule has 0 amide bonds. The van der Waals surface area contributed by atoms with Crippen molar-refractivity contribution in [1.29, 1.82) is 0 Å². The monoisotopic (exact) mass is 1690 g/mol. The quantitative estimate of drug-likeness (QED) is 0.0796. The molecule has 0 N–H and O–H groups in total. The van der Waals surface area contributed by atoms with E-state index >= 15 is 0 Å². The van der Waals surface area contributed by atoms with Crippen LogP contribution in [0.1, 0.15) is 236 Å². The van der Waals surface area contributed by atoms with Crippen molar-refractivity contribution in [2.24, 2.45) is 47.3 Å². The van der Waals surface area contributed by atoms with Crippen LogP contribution in [0.5, 0.6) is 0 Å². The van der Waals surface area contributed by atoms with E-state index in [4.69, 9.17) is 0 Å². The summed E-state index contributed by atoms with van der Waals surface area (Å²) in [6, 6.07) is 127. The van der Waals surface area contributed by atoms with Gasteiger partial charge in [0, 0.05) is 67.0 Å². The van der Waals surface area contributed by atoms with E-state index < -0.39 is 0 Å². The number of benzene rings is 15. The zero-order chi connectivity index (χ0) is 85.2. The SMILES string of the molecule is c1ccc(-c2ccccc2-c2c3ccc(N(c4cc(C5CC6CCC5C6)cc(C5CC6CCC5C6)c4)c4ccc5c6ccccc6n(-c6cccc(C7CCCCC7)c6)c5c4)cc3c(-c3ccccc3-c3ccccc3)c3ccc(N(c4cc(C5CC6CCC5C6)cc(C5CC6CCC5C6)c4)c4ccc5c6ccccc6n(-c6cccc(C7CCCCC7)c6)c5c4)cc23)cc1. The Hall–Kier alpha value is -12.0. The number of rotatable bonds is 18. The molecule has 17 aromatic rings. The molecule has 27 rings (SSSR count). The predicted octanol–water partition coefficient (Wildman–Crippen LogP) is 35.5. The minimum atomic E-state index is 0.565. The minimum absolute atomic E-state index is 0.565. The van der Waals surface area contributed by atoms with Crippen LogP contribution < -0.4 is 9.80 Å². The molecular formula is C126H118N4. The Bertz CT molecular complexity index is 6760. The van der Waals surface area contributed by atoms with Crippen molar-refractivity contribution in [2.45, 2.75) is 202 Å². The van der Waals surface area contributed by atoms with Gasteiger partial charge in [-0.15, -0.1) is 0 Å². The number of para-hydroxylation sites is 2. The predicted molar refractivity (Wildman–Crippen MR) is 546 cm³/mol. The van der Waals surface area contributed by atoms with Crippen LogP contribution in [0.4, 0.5) is 34.1 Å². The van der Waals surface area contributed by atoms with E-state index in [1.54, 1.807) is 22.3 Å². The topological polar surface area (TPSA) is 16.3 Å². The summed E-state index contributed by atoms with van der Waals surface area (Å²) in [5, 5.41) is 10.1. The van der Waals surface area contributed by atoms with Crippen molar-refractivity contribution >= 4 is 99.3 Å². The molecule has 0 radical (unpaired) electrons. The first kappa shape index (κ1) is 77.9. The molecule has 130 heavy (non-hydrogen) atoms. The molecule has 12 unspecified atom stereocenters. The van der Waals surface area contributed by atoms with Gasteiger partial charge in [0.25, 0.3) is 0 Å². The van der Waals surface area contributed by atoms with E-state index in [-0.39, 0.29) is 0 Å². The molecule has 2 aromatic heterocycles. The van der Waals surface area contributed by atoms with E-state index in [9.17, 15) is 0 Å². The third-order valence-corrected chi connectivity index (χ3v) is 35.5. The van der Waals surface area contributed by atoms with Crippen molar-refractivity contribution < 1.29 is 0 Å². The molecule has 0 aliphatic heterocycles. The lowest BCUT2D eigenvalue weighted by molar-refractivity contribution is 0.412. The Labute approximate surface area is 767 Å². The van der Waals surface area contributed by atoms with Gasteiger partial charge in [0.2, 0.25) is 0 Å². The van der Waals surface area contributed by atoms with Crippen LogP contribution in [0, 0.1) is 47.3 Å². The first-order chi connectivity index (χ1) is 64.4.